The number of hydrogen-bond acceptors (Lipinski definition) is 4. The first kappa shape index (κ1) is 8.34. The first-order valence-electron chi connectivity index (χ1n) is 4.13. The maximum atomic E-state index is 11.3. The fourth-order valence-corrected chi connectivity index (χ4v) is 1.84. The van der Waals surface area contributed by atoms with Crippen LogP contribution in [0.2, 0.25) is 0 Å². The summed E-state index contributed by atoms with van der Waals surface area (Å²) in [6.45, 7) is 0. The Morgan fingerprint density at radius 2 is 2.31 bits per heavy atom. The van der Waals surface area contributed by atoms with E-state index in [9.17, 15) is 9.59 Å². The van der Waals surface area contributed by atoms with Gasteiger partial charge in [-0.25, -0.2) is 9.59 Å². The molecular formula is C8H11NO4. The van der Waals surface area contributed by atoms with Gasteiger partial charge >= 0.3 is 12.1 Å². The lowest BCUT2D eigenvalue weighted by Crippen LogP contribution is -2.67. The molecule has 2 aliphatic heterocycles. The summed E-state index contributed by atoms with van der Waals surface area (Å²) >= 11 is 0. The van der Waals surface area contributed by atoms with E-state index in [2.05, 4.69) is 4.74 Å². The summed E-state index contributed by atoms with van der Waals surface area (Å²) < 4.78 is 9.60. The Morgan fingerprint density at radius 3 is 2.77 bits per heavy atom. The third kappa shape index (κ3) is 0.928. The van der Waals surface area contributed by atoms with Crippen LogP contribution >= 0.6 is 0 Å². The van der Waals surface area contributed by atoms with E-state index in [1.807, 2.05) is 0 Å². The topological polar surface area (TPSA) is 55.8 Å². The molecule has 3 aliphatic rings. The molecule has 1 saturated carbocycles. The molecule has 3 rings (SSSR count). The Bertz CT molecular complexity index is 269. The lowest BCUT2D eigenvalue weighted by molar-refractivity contribution is -0.193. The highest BCUT2D eigenvalue weighted by Gasteiger charge is 2.61. The number of esters is 1. The second-order valence-corrected chi connectivity index (χ2v) is 3.53. The Morgan fingerprint density at radius 1 is 1.69 bits per heavy atom. The van der Waals surface area contributed by atoms with Crippen molar-refractivity contribution in [3.8, 4) is 0 Å². The van der Waals surface area contributed by atoms with Crippen LogP contribution in [0.15, 0.2) is 0 Å². The third-order valence-electron chi connectivity index (χ3n) is 2.81. The Hall–Kier alpha value is -1.26. The molecule has 0 aromatic rings. The van der Waals surface area contributed by atoms with Crippen LogP contribution in [0.1, 0.15) is 12.8 Å². The molecule has 0 aromatic heterocycles. The second-order valence-electron chi connectivity index (χ2n) is 3.53. The smallest absolute Gasteiger partial charge is 0.410 e. The fourth-order valence-electron chi connectivity index (χ4n) is 1.84. The maximum absolute atomic E-state index is 11.3. The third-order valence-corrected chi connectivity index (χ3v) is 2.81. The van der Waals surface area contributed by atoms with E-state index in [-0.39, 0.29) is 6.04 Å². The van der Waals surface area contributed by atoms with Crippen molar-refractivity contribution in [2.24, 2.45) is 0 Å². The van der Waals surface area contributed by atoms with Gasteiger partial charge in [0.2, 0.25) is 5.60 Å². The summed E-state index contributed by atoms with van der Waals surface area (Å²) in [6, 6.07) is 0.139. The van der Waals surface area contributed by atoms with Gasteiger partial charge in [-0.3, -0.25) is 0 Å². The molecule has 3 fully saturated rings. The minimum absolute atomic E-state index is 0.139. The summed E-state index contributed by atoms with van der Waals surface area (Å²) in [5, 5.41) is 0. The number of nitrogens with zero attached hydrogens (tertiary/aromatic N) is 1. The number of carbonyl (C=O) groups excluding carboxylic acids is 2. The standard InChI is InChI=1S/C8H11NO4/c1-9-5-3-8(4-5,6(10)12-2)13-7(9)11/h5H,3-4H2,1-2H3. The lowest BCUT2D eigenvalue weighted by atomic mass is 9.73. The van der Waals surface area contributed by atoms with E-state index < -0.39 is 17.7 Å². The van der Waals surface area contributed by atoms with Gasteiger partial charge in [0, 0.05) is 25.9 Å². The largest absolute Gasteiger partial charge is 0.466 e. The lowest BCUT2D eigenvalue weighted by Gasteiger charge is -2.52. The minimum Gasteiger partial charge on any atom is -0.466 e. The second kappa shape index (κ2) is 2.37. The summed E-state index contributed by atoms with van der Waals surface area (Å²) in [5.74, 6) is -0.440. The molecule has 72 valence electrons. The quantitative estimate of drug-likeness (QED) is 0.545. The number of carbonyl (C=O) groups is 2. The molecule has 0 aromatic carbocycles. The molecule has 0 N–H and O–H groups in total. The van der Waals surface area contributed by atoms with Crippen LogP contribution in [0, 0.1) is 0 Å². The van der Waals surface area contributed by atoms with Gasteiger partial charge in [-0.05, 0) is 0 Å². The zero-order chi connectivity index (χ0) is 9.64. The van der Waals surface area contributed by atoms with Crippen molar-refractivity contribution in [2.45, 2.75) is 24.5 Å². The predicted molar refractivity (Wildman–Crippen MR) is 42.0 cm³/mol. The maximum Gasteiger partial charge on any atom is 0.410 e. The molecule has 0 spiro atoms. The number of fused-ring (bicyclic) bond motifs is 2. The molecule has 0 atom stereocenters. The number of amides is 1. The van der Waals surface area contributed by atoms with Crippen LogP contribution < -0.4 is 0 Å². The van der Waals surface area contributed by atoms with Crippen molar-refractivity contribution < 1.29 is 19.1 Å². The summed E-state index contributed by atoms with van der Waals surface area (Å²) in [7, 11) is 2.98. The average Bonchev–Trinajstić information content (AvgIpc) is 2.06. The molecule has 1 aliphatic carbocycles. The van der Waals surface area contributed by atoms with Crippen molar-refractivity contribution in [3.63, 3.8) is 0 Å². The Kier molecular flexibility index (Phi) is 1.52. The monoisotopic (exact) mass is 185 g/mol. The SMILES string of the molecule is COC(=O)C12CC(C1)N(C)C(=O)O2. The van der Waals surface area contributed by atoms with E-state index in [1.165, 1.54) is 12.0 Å². The van der Waals surface area contributed by atoms with Gasteiger partial charge in [-0.15, -0.1) is 0 Å². The summed E-state index contributed by atoms with van der Waals surface area (Å²) in [5.41, 5.74) is -0.969. The van der Waals surface area contributed by atoms with Gasteiger partial charge in [-0.2, -0.15) is 0 Å². The van der Waals surface area contributed by atoms with E-state index in [0.717, 1.165) is 0 Å². The molecular weight excluding hydrogens is 174 g/mol. The predicted octanol–water partition coefficient (Wildman–Crippen LogP) is 0.143. The summed E-state index contributed by atoms with van der Waals surface area (Å²) in [6.07, 6.45) is 0.678. The molecule has 2 bridgehead atoms. The molecule has 2 saturated heterocycles. The molecule has 0 radical (unpaired) electrons. The normalized spacial score (nSPS) is 36.3. The number of hydrogen-bond donors (Lipinski definition) is 0. The number of ether oxygens (including phenoxy) is 2. The first-order valence-corrected chi connectivity index (χ1v) is 4.13. The van der Waals surface area contributed by atoms with Gasteiger partial charge in [-0.1, -0.05) is 0 Å². The van der Waals surface area contributed by atoms with Gasteiger partial charge in [0.15, 0.2) is 0 Å². The van der Waals surface area contributed by atoms with Gasteiger partial charge in [0.1, 0.15) is 0 Å². The van der Waals surface area contributed by atoms with Crippen molar-refractivity contribution in [1.82, 2.24) is 4.90 Å². The van der Waals surface area contributed by atoms with Crippen molar-refractivity contribution in [3.05, 3.63) is 0 Å². The first-order chi connectivity index (χ1) is 6.09. The molecule has 1 amide bonds. The van der Waals surface area contributed by atoms with Crippen LogP contribution in [0.4, 0.5) is 4.79 Å². The molecule has 0 unspecified atom stereocenters. The van der Waals surface area contributed by atoms with Crippen molar-refractivity contribution in [2.75, 3.05) is 14.2 Å². The van der Waals surface area contributed by atoms with E-state index in [1.54, 1.807) is 7.05 Å². The number of methoxy groups -OCH3 is 1. The zero-order valence-electron chi connectivity index (χ0n) is 7.57. The molecule has 13 heavy (non-hydrogen) atoms. The Labute approximate surface area is 75.6 Å². The average molecular weight is 185 g/mol. The highest BCUT2D eigenvalue weighted by Crippen LogP contribution is 2.44. The molecule has 5 heteroatoms. The van der Waals surface area contributed by atoms with Gasteiger partial charge < -0.3 is 14.4 Å². The van der Waals surface area contributed by atoms with Gasteiger partial charge in [0.25, 0.3) is 0 Å². The van der Waals surface area contributed by atoms with E-state index in [0.29, 0.717) is 12.8 Å². The van der Waals surface area contributed by atoms with Crippen LogP contribution in [-0.2, 0) is 14.3 Å². The fraction of sp³-hybridized carbons (Fsp3) is 0.750. The molecule has 5 nitrogen and oxygen atoms in total. The Balaban J connectivity index is 2.15. The zero-order valence-corrected chi connectivity index (χ0v) is 7.57. The van der Waals surface area contributed by atoms with Crippen molar-refractivity contribution in [1.29, 1.82) is 0 Å². The van der Waals surface area contributed by atoms with Crippen molar-refractivity contribution >= 4 is 12.1 Å². The highest BCUT2D eigenvalue weighted by atomic mass is 16.6. The minimum atomic E-state index is -0.969. The number of rotatable bonds is 1. The van der Waals surface area contributed by atoms with Crippen LogP contribution in [0.3, 0.4) is 0 Å². The van der Waals surface area contributed by atoms with Crippen LogP contribution in [0.25, 0.3) is 0 Å². The highest BCUT2D eigenvalue weighted by molar-refractivity contribution is 5.86. The molecule has 2 heterocycles. The van der Waals surface area contributed by atoms with Crippen LogP contribution in [-0.4, -0.2) is 42.8 Å². The summed E-state index contributed by atoms with van der Waals surface area (Å²) in [4.78, 5) is 23.9. The van der Waals surface area contributed by atoms with Gasteiger partial charge in [0.05, 0.1) is 7.11 Å². The van der Waals surface area contributed by atoms with E-state index >= 15 is 0 Å². The van der Waals surface area contributed by atoms with Crippen LogP contribution in [0.5, 0.6) is 0 Å². The van der Waals surface area contributed by atoms with E-state index in [4.69, 9.17) is 4.74 Å².